The standard InChI is InChI=1S/C10H14N2.C4H8NOSe2/c1-12-7-3-5-10(12)9-4-2-6-11-8-9;1-8-2-3(5)4(6)7/h2,4,6,8,10H,3,5,7H2,1H3;3H,2,5H2,1H3/t;3-/m.0/s1. The van der Waals surface area contributed by atoms with Crippen molar-refractivity contribution in [3.05, 3.63) is 30.1 Å². The van der Waals surface area contributed by atoms with Gasteiger partial charge in [0.15, 0.2) is 0 Å². The molecule has 0 aliphatic carbocycles. The molecule has 1 aromatic heterocycles. The molecule has 0 bridgehead atoms. The van der Waals surface area contributed by atoms with Crippen molar-refractivity contribution in [1.82, 2.24) is 9.88 Å². The van der Waals surface area contributed by atoms with Crippen molar-refractivity contribution in [2.45, 2.75) is 36.1 Å². The fraction of sp³-hybridized carbons (Fsp3) is 0.571. The summed E-state index contributed by atoms with van der Waals surface area (Å²) < 4.78 is -0.0197. The molecule has 2 N–H and O–H groups in total. The van der Waals surface area contributed by atoms with Gasteiger partial charge in [-0.25, -0.2) is 0 Å². The van der Waals surface area contributed by atoms with Gasteiger partial charge in [-0.3, -0.25) is 9.88 Å². The van der Waals surface area contributed by atoms with E-state index in [4.69, 9.17) is 5.73 Å². The average molecular weight is 406 g/mol. The molecule has 20 heavy (non-hydrogen) atoms. The fourth-order valence-electron chi connectivity index (χ4n) is 2.15. The molecule has 0 saturated carbocycles. The van der Waals surface area contributed by atoms with E-state index in [2.05, 4.69) is 44.8 Å². The summed E-state index contributed by atoms with van der Waals surface area (Å²) in [5.41, 5.74) is 6.72. The van der Waals surface area contributed by atoms with E-state index in [-0.39, 0.29) is 10.7 Å². The van der Waals surface area contributed by atoms with Gasteiger partial charge in [0.1, 0.15) is 0 Å². The Bertz CT molecular complexity index is 403. The van der Waals surface area contributed by atoms with Gasteiger partial charge in [0.05, 0.1) is 0 Å². The normalized spacial score (nSPS) is 20.1. The number of hydrogen-bond donors (Lipinski definition) is 1. The second-order valence-electron chi connectivity index (χ2n) is 4.81. The van der Waals surface area contributed by atoms with Gasteiger partial charge in [0.2, 0.25) is 0 Å². The molecule has 0 spiro atoms. The first-order valence-electron chi connectivity index (χ1n) is 6.61. The van der Waals surface area contributed by atoms with E-state index < -0.39 is 0 Å². The van der Waals surface area contributed by atoms with Crippen LogP contribution in [0.2, 0.25) is 11.1 Å². The van der Waals surface area contributed by atoms with Crippen LogP contribution < -0.4 is 5.73 Å². The molecule has 1 aliphatic rings. The molecule has 0 aromatic carbocycles. The molecule has 111 valence electrons. The second kappa shape index (κ2) is 9.67. The Morgan fingerprint density at radius 2 is 2.45 bits per heavy atom. The van der Waals surface area contributed by atoms with Crippen molar-refractivity contribution in [2.24, 2.45) is 5.73 Å². The number of likely N-dealkylation sites (tertiary alicyclic amines) is 1. The monoisotopic (exact) mass is 408 g/mol. The Morgan fingerprint density at radius 3 is 2.85 bits per heavy atom. The number of pyridine rings is 1. The summed E-state index contributed by atoms with van der Waals surface area (Å²) >= 11 is 2.88. The molecule has 1 unspecified atom stereocenters. The fourth-order valence-corrected chi connectivity index (χ4v) is 3.93. The summed E-state index contributed by atoms with van der Waals surface area (Å²) in [5.74, 6) is 2.07. The number of carbonyl (C=O) groups excluding carboxylic acids is 1. The van der Waals surface area contributed by atoms with Crippen LogP contribution in [-0.4, -0.2) is 65.2 Å². The maximum atomic E-state index is 10.4. The number of rotatable bonds is 4. The van der Waals surface area contributed by atoms with Crippen LogP contribution in [0.25, 0.3) is 0 Å². The zero-order valence-corrected chi connectivity index (χ0v) is 15.4. The number of carbonyl (C=O) groups is 1. The van der Waals surface area contributed by atoms with Crippen molar-refractivity contribution in [3.63, 3.8) is 0 Å². The van der Waals surface area contributed by atoms with Crippen LogP contribution >= 0.6 is 0 Å². The zero-order valence-electron chi connectivity index (χ0n) is 12.0. The van der Waals surface area contributed by atoms with Crippen LogP contribution in [0.1, 0.15) is 24.4 Å². The van der Waals surface area contributed by atoms with Crippen LogP contribution in [0.4, 0.5) is 0 Å². The minimum absolute atomic E-state index is 0.0197. The summed E-state index contributed by atoms with van der Waals surface area (Å²) in [5, 5.41) is 0.846. The van der Waals surface area contributed by atoms with Crippen molar-refractivity contribution in [3.8, 4) is 0 Å². The predicted molar refractivity (Wildman–Crippen MR) is 84.0 cm³/mol. The molecular formula is C14H22N3OSe2. The first-order chi connectivity index (χ1) is 9.56. The van der Waals surface area contributed by atoms with Crippen LogP contribution in [0, 0.1) is 0 Å². The molecule has 2 heterocycles. The molecule has 1 aliphatic heterocycles. The van der Waals surface area contributed by atoms with Crippen molar-refractivity contribution in [2.75, 3.05) is 13.6 Å². The van der Waals surface area contributed by atoms with Crippen LogP contribution in [0.3, 0.4) is 0 Å². The quantitative estimate of drug-likeness (QED) is 0.759. The molecule has 4 nitrogen and oxygen atoms in total. The second-order valence-corrected chi connectivity index (χ2v) is 7.56. The third-order valence-electron chi connectivity index (χ3n) is 3.24. The van der Waals surface area contributed by atoms with Crippen molar-refractivity contribution < 1.29 is 4.79 Å². The van der Waals surface area contributed by atoms with Crippen molar-refractivity contribution in [1.29, 1.82) is 0 Å². The van der Waals surface area contributed by atoms with Crippen molar-refractivity contribution >= 4 is 35.7 Å². The molecule has 1 fully saturated rings. The Kier molecular flexibility index (Phi) is 8.62. The molecule has 0 amide bonds. The number of nitrogens with zero attached hydrogens (tertiary/aromatic N) is 2. The number of aromatic nitrogens is 1. The Balaban J connectivity index is 0.000000221. The van der Waals surface area contributed by atoms with E-state index in [9.17, 15) is 4.79 Å². The van der Waals surface area contributed by atoms with Gasteiger partial charge in [-0.2, -0.15) is 0 Å². The van der Waals surface area contributed by atoms with Crippen LogP contribution in [0.15, 0.2) is 24.5 Å². The maximum absolute atomic E-state index is 10.4. The third kappa shape index (κ3) is 6.04. The number of nitrogens with two attached hydrogens (primary N) is 1. The van der Waals surface area contributed by atoms with E-state index in [1.165, 1.54) is 24.9 Å². The molecule has 1 aromatic rings. The van der Waals surface area contributed by atoms with Crippen LogP contribution in [0.5, 0.6) is 0 Å². The van der Waals surface area contributed by atoms with Gasteiger partial charge in [0.25, 0.3) is 0 Å². The Hall–Kier alpha value is -0.221. The minimum atomic E-state index is -0.250. The topological polar surface area (TPSA) is 59.2 Å². The first-order valence-corrected chi connectivity index (χ1v) is 10.4. The molecule has 1 saturated heterocycles. The third-order valence-corrected chi connectivity index (χ3v) is 5.33. The molecule has 2 atom stereocenters. The first kappa shape index (κ1) is 17.8. The zero-order chi connectivity index (χ0) is 15.0. The van der Waals surface area contributed by atoms with E-state index in [0.29, 0.717) is 21.0 Å². The van der Waals surface area contributed by atoms with Gasteiger partial charge in [-0.15, -0.1) is 0 Å². The van der Waals surface area contributed by atoms with Gasteiger partial charge in [0, 0.05) is 18.4 Å². The predicted octanol–water partition coefficient (Wildman–Crippen LogP) is 1.03. The van der Waals surface area contributed by atoms with Gasteiger partial charge in [-0.1, -0.05) is 6.07 Å². The molecular weight excluding hydrogens is 384 g/mol. The summed E-state index contributed by atoms with van der Waals surface area (Å²) in [7, 11) is 2.19. The molecule has 2 rings (SSSR count). The summed E-state index contributed by atoms with van der Waals surface area (Å²) in [6.45, 7) is 1.22. The SMILES string of the molecule is CN1CCCC1c1cccnc1.C[Se]C[C@H](N)C(=O)[Se]. The molecule has 6 heteroatoms. The Morgan fingerprint density at radius 1 is 1.70 bits per heavy atom. The van der Waals surface area contributed by atoms with E-state index >= 15 is 0 Å². The van der Waals surface area contributed by atoms with Gasteiger partial charge in [-0.05, 0) is 38.1 Å². The van der Waals surface area contributed by atoms with Crippen LogP contribution in [-0.2, 0) is 4.79 Å². The van der Waals surface area contributed by atoms with E-state index in [1.54, 1.807) is 0 Å². The average Bonchev–Trinajstić information content (AvgIpc) is 2.87. The molecule has 1 radical (unpaired) electrons. The van der Waals surface area contributed by atoms with E-state index in [1.807, 2.05) is 18.5 Å². The van der Waals surface area contributed by atoms with Gasteiger partial charge < -0.3 is 0 Å². The van der Waals surface area contributed by atoms with Gasteiger partial charge >= 0.3 is 63.4 Å². The summed E-state index contributed by atoms with van der Waals surface area (Å²) in [4.78, 5) is 16.9. The summed E-state index contributed by atoms with van der Waals surface area (Å²) in [6.07, 6.45) is 6.41. The summed E-state index contributed by atoms with van der Waals surface area (Å²) in [6, 6.07) is 4.54. The number of hydrogen-bond acceptors (Lipinski definition) is 4. The van der Waals surface area contributed by atoms with E-state index in [0.717, 1.165) is 5.32 Å². The Labute approximate surface area is 135 Å².